The second kappa shape index (κ2) is 10.9. The molecule has 0 aromatic carbocycles. The van der Waals surface area contributed by atoms with E-state index >= 15 is 0 Å². The number of hydrogen-bond acceptors (Lipinski definition) is 7. The monoisotopic (exact) mass is 505 g/mol. The van der Waals surface area contributed by atoms with E-state index in [9.17, 15) is 32.3 Å². The van der Waals surface area contributed by atoms with Crippen LogP contribution in [0.4, 0.5) is 29.3 Å². The summed E-state index contributed by atoms with van der Waals surface area (Å²) in [6, 6.07) is 1.44. The lowest BCUT2D eigenvalue weighted by Gasteiger charge is -2.33. The van der Waals surface area contributed by atoms with Crippen LogP contribution in [0.25, 0.3) is 0 Å². The summed E-state index contributed by atoms with van der Waals surface area (Å²) < 4.78 is 46.0. The van der Waals surface area contributed by atoms with E-state index in [4.69, 9.17) is 9.90 Å². The van der Waals surface area contributed by atoms with Gasteiger partial charge in [0, 0.05) is 40.3 Å². The average molecular weight is 505 g/mol. The number of aliphatic carboxylic acids is 2. The highest BCUT2D eigenvalue weighted by molar-refractivity contribution is 6.02. The van der Waals surface area contributed by atoms with Crippen molar-refractivity contribution in [2.75, 3.05) is 44.0 Å². The number of allylic oxidation sites excluding steroid dienone is 2. The fourth-order valence-corrected chi connectivity index (χ4v) is 3.89. The Labute approximate surface area is 198 Å². The molecule has 1 amide bonds. The van der Waals surface area contributed by atoms with Gasteiger partial charge in [-0.05, 0) is 18.9 Å². The van der Waals surface area contributed by atoms with E-state index in [-0.39, 0.29) is 38.4 Å². The molecule has 3 rings (SSSR count). The number of amides is 1. The summed E-state index contributed by atoms with van der Waals surface area (Å²) in [6.45, 7) is 0.414. The number of nitrogens with zero attached hydrogens (tertiary/aromatic N) is 5. The van der Waals surface area contributed by atoms with Crippen LogP contribution in [0.3, 0.4) is 0 Å². The van der Waals surface area contributed by atoms with Crippen molar-refractivity contribution in [3.05, 3.63) is 24.4 Å². The van der Waals surface area contributed by atoms with Crippen molar-refractivity contribution in [1.82, 2.24) is 14.9 Å². The first-order valence-electron chi connectivity index (χ1n) is 10.5. The number of anilines is 2. The van der Waals surface area contributed by atoms with Crippen LogP contribution >= 0.6 is 0 Å². The smallest absolute Gasteiger partial charge is 0.480 e. The first-order valence-corrected chi connectivity index (χ1v) is 10.5. The van der Waals surface area contributed by atoms with Crippen LogP contribution in [-0.2, 0) is 14.4 Å². The number of carbonyl (C=O) groups is 3. The molecule has 194 valence electrons. The average Bonchev–Trinajstić information content (AvgIpc) is 3.40. The molecular formula is C21H27F4N5O5. The summed E-state index contributed by atoms with van der Waals surface area (Å²) in [5.41, 5.74) is -1.44. The molecule has 2 aliphatic rings. The Morgan fingerprint density at radius 2 is 1.74 bits per heavy atom. The van der Waals surface area contributed by atoms with Gasteiger partial charge in [0.1, 0.15) is 12.0 Å². The highest BCUT2D eigenvalue weighted by Gasteiger charge is 2.48. The highest BCUT2D eigenvalue weighted by Crippen LogP contribution is 2.36. The summed E-state index contributed by atoms with van der Waals surface area (Å²) in [6.07, 6.45) is -0.414. The first kappa shape index (κ1) is 27.8. The Kier molecular flexibility index (Phi) is 8.63. The Balaban J connectivity index is 0.000000540. The number of carboxylic acids is 2. The maximum absolute atomic E-state index is 14.2. The summed E-state index contributed by atoms with van der Waals surface area (Å²) >= 11 is 0. The Morgan fingerprint density at radius 3 is 2.23 bits per heavy atom. The van der Waals surface area contributed by atoms with Gasteiger partial charge in [-0.3, -0.25) is 9.59 Å². The molecule has 1 saturated heterocycles. The molecule has 1 fully saturated rings. The minimum atomic E-state index is -5.08. The van der Waals surface area contributed by atoms with Crippen molar-refractivity contribution in [2.45, 2.75) is 37.7 Å². The van der Waals surface area contributed by atoms with Crippen LogP contribution in [0, 0.1) is 5.41 Å². The molecule has 2 heterocycles. The normalized spacial score (nSPS) is 20.7. The standard InChI is InChI=1S/C19H26FN5O3.C2HF3O2/c1-23(2)18-21-9-6-15(22-18)25-11-13(20)10-14(25)12-24(3)16(26)19(17(27)28)7-4-5-8-19;3-2(4,5)1(6)7/h4-6,9,13-14H,7-8,10-12H2,1-3H3,(H,27,28);(H,6,7)/t13-,14-;/m0./s1. The molecule has 1 aliphatic carbocycles. The lowest BCUT2D eigenvalue weighted by atomic mass is 9.84. The second-order valence-corrected chi connectivity index (χ2v) is 8.50. The SMILES string of the molecule is CN(C[C@@H]1C[C@H](F)CN1c1ccnc(N(C)C)n1)C(=O)C1(C(=O)O)CC=CC1.O=C(O)C(F)(F)F. The predicted octanol–water partition coefficient (Wildman–Crippen LogP) is 1.97. The van der Waals surface area contributed by atoms with Gasteiger partial charge in [-0.2, -0.15) is 18.2 Å². The maximum Gasteiger partial charge on any atom is 0.490 e. The lowest BCUT2D eigenvalue weighted by Crippen LogP contribution is -2.49. The van der Waals surface area contributed by atoms with Crippen LogP contribution < -0.4 is 9.80 Å². The molecule has 0 unspecified atom stereocenters. The zero-order valence-electron chi connectivity index (χ0n) is 19.4. The molecule has 2 atom stereocenters. The molecule has 35 heavy (non-hydrogen) atoms. The number of carbonyl (C=O) groups excluding carboxylic acids is 1. The molecule has 0 spiro atoms. The third-order valence-electron chi connectivity index (χ3n) is 5.68. The third kappa shape index (κ3) is 6.57. The molecule has 0 bridgehead atoms. The zero-order chi connectivity index (χ0) is 26.6. The maximum atomic E-state index is 14.2. The quantitative estimate of drug-likeness (QED) is 0.339. The van der Waals surface area contributed by atoms with Crippen LogP contribution in [0.5, 0.6) is 0 Å². The number of hydrogen-bond donors (Lipinski definition) is 2. The molecule has 2 N–H and O–H groups in total. The summed E-state index contributed by atoms with van der Waals surface area (Å²) in [5, 5.41) is 16.7. The van der Waals surface area contributed by atoms with Crippen LogP contribution in [-0.4, -0.2) is 95.5 Å². The van der Waals surface area contributed by atoms with Gasteiger partial charge >= 0.3 is 18.1 Å². The largest absolute Gasteiger partial charge is 0.490 e. The third-order valence-corrected chi connectivity index (χ3v) is 5.68. The molecular weight excluding hydrogens is 478 g/mol. The molecule has 0 saturated carbocycles. The molecule has 0 radical (unpaired) electrons. The van der Waals surface area contributed by atoms with Crippen molar-refractivity contribution in [1.29, 1.82) is 0 Å². The van der Waals surface area contributed by atoms with Crippen LogP contribution in [0.1, 0.15) is 19.3 Å². The number of rotatable bonds is 6. The fourth-order valence-electron chi connectivity index (χ4n) is 3.89. The van der Waals surface area contributed by atoms with Crippen molar-refractivity contribution in [3.63, 3.8) is 0 Å². The molecule has 10 nitrogen and oxygen atoms in total. The van der Waals surface area contributed by atoms with E-state index < -0.39 is 35.6 Å². The number of halogens is 4. The van der Waals surface area contributed by atoms with E-state index in [0.717, 1.165) is 0 Å². The van der Waals surface area contributed by atoms with E-state index in [1.54, 1.807) is 36.4 Å². The Morgan fingerprint density at radius 1 is 1.17 bits per heavy atom. The Hall–Kier alpha value is -3.45. The lowest BCUT2D eigenvalue weighted by molar-refractivity contribution is -0.192. The highest BCUT2D eigenvalue weighted by atomic mass is 19.4. The minimum Gasteiger partial charge on any atom is -0.480 e. The van der Waals surface area contributed by atoms with Gasteiger partial charge in [-0.1, -0.05) is 12.2 Å². The van der Waals surface area contributed by atoms with Crippen molar-refractivity contribution in [3.8, 4) is 0 Å². The van der Waals surface area contributed by atoms with Crippen molar-refractivity contribution < 1.29 is 42.2 Å². The van der Waals surface area contributed by atoms with Crippen molar-refractivity contribution in [2.24, 2.45) is 5.41 Å². The van der Waals surface area contributed by atoms with Gasteiger partial charge in [0.25, 0.3) is 0 Å². The fraction of sp³-hybridized carbons (Fsp3) is 0.571. The summed E-state index contributed by atoms with van der Waals surface area (Å²) in [5.74, 6) is -3.20. The topological polar surface area (TPSA) is 127 Å². The van der Waals surface area contributed by atoms with Crippen LogP contribution in [0.15, 0.2) is 24.4 Å². The predicted molar refractivity (Wildman–Crippen MR) is 117 cm³/mol. The number of aromatic nitrogens is 2. The van der Waals surface area contributed by atoms with Gasteiger partial charge < -0.3 is 24.9 Å². The molecule has 14 heteroatoms. The van der Waals surface area contributed by atoms with Gasteiger partial charge in [-0.15, -0.1) is 0 Å². The number of alkyl halides is 4. The van der Waals surface area contributed by atoms with Gasteiger partial charge in [0.15, 0.2) is 5.41 Å². The van der Waals surface area contributed by atoms with E-state index in [1.165, 1.54) is 4.90 Å². The summed E-state index contributed by atoms with van der Waals surface area (Å²) in [4.78, 5) is 47.3. The van der Waals surface area contributed by atoms with Gasteiger partial charge in [-0.25, -0.2) is 14.2 Å². The Bertz CT molecular complexity index is 964. The molecule has 1 aromatic heterocycles. The van der Waals surface area contributed by atoms with Crippen LogP contribution in [0.2, 0.25) is 0 Å². The molecule has 1 aromatic rings. The first-order chi connectivity index (χ1) is 16.2. The van der Waals surface area contributed by atoms with E-state index in [2.05, 4.69) is 9.97 Å². The molecule has 1 aliphatic heterocycles. The minimum absolute atomic E-state index is 0.183. The van der Waals surface area contributed by atoms with Gasteiger partial charge in [0.05, 0.1) is 12.6 Å². The summed E-state index contributed by atoms with van der Waals surface area (Å²) in [7, 11) is 5.23. The van der Waals surface area contributed by atoms with Crippen molar-refractivity contribution >= 4 is 29.6 Å². The van der Waals surface area contributed by atoms with Gasteiger partial charge in [0.2, 0.25) is 11.9 Å². The number of likely N-dealkylation sites (N-methyl/N-ethyl adjacent to an activating group) is 1. The van der Waals surface area contributed by atoms with E-state index in [1.807, 2.05) is 19.0 Å². The second-order valence-electron chi connectivity index (χ2n) is 8.50. The van der Waals surface area contributed by atoms with E-state index in [0.29, 0.717) is 11.8 Å². The number of carboxylic acid groups (broad SMARTS) is 2. The zero-order valence-corrected chi connectivity index (χ0v) is 19.4.